The van der Waals surface area contributed by atoms with Crippen molar-refractivity contribution >= 4 is 7.44 Å². The van der Waals surface area contributed by atoms with Crippen LogP contribution in [0.25, 0.3) is 0 Å². The van der Waals surface area contributed by atoms with Crippen LogP contribution >= 0.6 is 7.44 Å². The predicted octanol–water partition coefficient (Wildman–Crippen LogP) is 3.66. The molecule has 1 aliphatic heterocycles. The van der Waals surface area contributed by atoms with Gasteiger partial charge in [-0.2, -0.15) is 0 Å². The molecule has 0 radical (unpaired) electrons. The molecule has 5 heteroatoms. The molecule has 0 aromatic rings. The van der Waals surface area contributed by atoms with Crippen molar-refractivity contribution in [3.8, 4) is 0 Å². The zero-order valence-corrected chi connectivity index (χ0v) is 13.1. The van der Waals surface area contributed by atoms with Gasteiger partial charge in [-0.15, -0.1) is 0 Å². The normalized spacial score (nSPS) is 27.5. The first-order valence-corrected chi connectivity index (χ1v) is 8.85. The SMILES string of the molecule is CCN(CC)P1(F)(N(CC)CC)CC(C)(C)O1. The number of halogens is 1. The van der Waals surface area contributed by atoms with E-state index in [4.69, 9.17) is 4.52 Å². The molecule has 0 N–H and O–H groups in total. The molecule has 0 saturated carbocycles. The van der Waals surface area contributed by atoms with Gasteiger partial charge in [0.25, 0.3) is 0 Å². The van der Waals surface area contributed by atoms with E-state index in [1.807, 2.05) is 50.9 Å². The topological polar surface area (TPSA) is 15.7 Å². The maximum absolute atomic E-state index is 15.9. The van der Waals surface area contributed by atoms with Crippen molar-refractivity contribution in [2.75, 3.05) is 32.3 Å². The van der Waals surface area contributed by atoms with Gasteiger partial charge in [0.15, 0.2) is 0 Å². The second kappa shape index (κ2) is 4.73. The van der Waals surface area contributed by atoms with Crippen LogP contribution in [0.1, 0.15) is 41.5 Å². The van der Waals surface area contributed by atoms with Crippen molar-refractivity contribution in [1.29, 1.82) is 0 Å². The van der Waals surface area contributed by atoms with Gasteiger partial charge in [-0.1, -0.05) is 0 Å². The minimum atomic E-state index is -3.76. The summed E-state index contributed by atoms with van der Waals surface area (Å²) < 4.78 is 25.6. The van der Waals surface area contributed by atoms with Gasteiger partial charge in [0.2, 0.25) is 0 Å². The van der Waals surface area contributed by atoms with Gasteiger partial charge in [-0.05, 0) is 0 Å². The molecular weight excluding hydrogens is 238 g/mol. The van der Waals surface area contributed by atoms with Gasteiger partial charge in [-0.3, -0.25) is 0 Å². The van der Waals surface area contributed by atoms with Crippen LogP contribution < -0.4 is 0 Å². The Balaban J connectivity index is 3.10. The van der Waals surface area contributed by atoms with E-state index < -0.39 is 7.44 Å². The Hall–Kier alpha value is 0.240. The molecule has 0 aromatic carbocycles. The number of rotatable bonds is 6. The van der Waals surface area contributed by atoms with Crippen molar-refractivity contribution in [3.05, 3.63) is 0 Å². The first kappa shape index (κ1) is 15.3. The molecule has 0 unspecified atom stereocenters. The third kappa shape index (κ3) is 2.25. The number of hydrogen-bond acceptors (Lipinski definition) is 3. The maximum atomic E-state index is 15.9. The van der Waals surface area contributed by atoms with E-state index in [0.717, 1.165) is 0 Å². The fourth-order valence-electron chi connectivity index (χ4n) is 3.16. The van der Waals surface area contributed by atoms with Crippen LogP contribution in [0.5, 0.6) is 0 Å². The average molecular weight is 266 g/mol. The van der Waals surface area contributed by atoms with E-state index in [0.29, 0.717) is 32.3 Å². The van der Waals surface area contributed by atoms with Crippen LogP contribution in [0.15, 0.2) is 0 Å². The molecule has 104 valence electrons. The summed E-state index contributed by atoms with van der Waals surface area (Å²) in [6.45, 7) is 14.8. The standard InChI is InChI=1S/C12H28FN2OP/c1-7-14(8-2)17(13,15(9-3)10-4)11-12(5,6)16-17/h7-11H2,1-6H3. The summed E-state index contributed by atoms with van der Waals surface area (Å²) in [4.78, 5) is 0. The van der Waals surface area contributed by atoms with E-state index in [2.05, 4.69) is 0 Å². The summed E-state index contributed by atoms with van der Waals surface area (Å²) in [5, 5.41) is 0. The fraction of sp³-hybridized carbons (Fsp3) is 1.00. The second-order valence-corrected chi connectivity index (χ2v) is 8.93. The van der Waals surface area contributed by atoms with Gasteiger partial charge in [0.05, 0.1) is 0 Å². The van der Waals surface area contributed by atoms with Gasteiger partial charge in [0.1, 0.15) is 0 Å². The molecule has 1 rings (SSSR count). The van der Waals surface area contributed by atoms with Crippen LogP contribution in [0.3, 0.4) is 0 Å². The Morgan fingerprint density at radius 1 is 1.00 bits per heavy atom. The molecular formula is C12H28FN2OP. The van der Waals surface area contributed by atoms with Crippen LogP contribution in [0.4, 0.5) is 4.20 Å². The van der Waals surface area contributed by atoms with Crippen LogP contribution in [0, 0.1) is 0 Å². The predicted molar refractivity (Wildman–Crippen MR) is 73.9 cm³/mol. The molecule has 1 saturated heterocycles. The Morgan fingerprint density at radius 3 is 1.47 bits per heavy atom. The molecule has 1 aliphatic rings. The van der Waals surface area contributed by atoms with Gasteiger partial charge in [-0.25, -0.2) is 0 Å². The fourth-order valence-corrected chi connectivity index (χ4v) is 8.59. The molecule has 1 heterocycles. The molecule has 0 aliphatic carbocycles. The second-order valence-electron chi connectivity index (χ2n) is 5.29. The molecule has 0 spiro atoms. The van der Waals surface area contributed by atoms with E-state index >= 15 is 4.20 Å². The zero-order chi connectivity index (χ0) is 13.3. The summed E-state index contributed by atoms with van der Waals surface area (Å²) in [5.74, 6) is 0. The molecule has 0 bridgehead atoms. The summed E-state index contributed by atoms with van der Waals surface area (Å²) in [7, 11) is -3.76. The Morgan fingerprint density at radius 2 is 1.29 bits per heavy atom. The molecule has 0 atom stereocenters. The van der Waals surface area contributed by atoms with Crippen molar-refractivity contribution in [1.82, 2.24) is 9.34 Å². The molecule has 1 fully saturated rings. The van der Waals surface area contributed by atoms with Gasteiger partial charge < -0.3 is 0 Å². The minimum absolute atomic E-state index is 0.322. The first-order chi connectivity index (χ1) is 7.76. The average Bonchev–Trinajstić information content (AvgIpc) is 2.17. The number of nitrogens with zero attached hydrogens (tertiary/aromatic N) is 2. The Labute approximate surface area is 106 Å². The Kier molecular flexibility index (Phi) is 4.26. The number of hydrogen-bond donors (Lipinski definition) is 0. The van der Waals surface area contributed by atoms with E-state index in [1.165, 1.54) is 0 Å². The first-order valence-electron chi connectivity index (χ1n) is 6.72. The molecule has 0 aromatic heterocycles. The summed E-state index contributed by atoms with van der Waals surface area (Å²) in [6.07, 6.45) is 0.530. The molecule has 0 amide bonds. The van der Waals surface area contributed by atoms with Gasteiger partial charge in [0, 0.05) is 0 Å². The van der Waals surface area contributed by atoms with E-state index in [9.17, 15) is 0 Å². The van der Waals surface area contributed by atoms with Crippen molar-refractivity contribution in [2.24, 2.45) is 0 Å². The van der Waals surface area contributed by atoms with Crippen molar-refractivity contribution in [2.45, 2.75) is 47.1 Å². The zero-order valence-electron chi connectivity index (χ0n) is 12.2. The van der Waals surface area contributed by atoms with E-state index in [-0.39, 0.29) is 5.60 Å². The summed E-state index contributed by atoms with van der Waals surface area (Å²) in [5.41, 5.74) is -0.322. The van der Waals surface area contributed by atoms with Crippen LogP contribution in [-0.2, 0) is 4.52 Å². The monoisotopic (exact) mass is 266 g/mol. The summed E-state index contributed by atoms with van der Waals surface area (Å²) in [6, 6.07) is 0. The van der Waals surface area contributed by atoms with E-state index in [1.54, 1.807) is 0 Å². The molecule has 17 heavy (non-hydrogen) atoms. The quantitative estimate of drug-likeness (QED) is 0.682. The van der Waals surface area contributed by atoms with Crippen molar-refractivity contribution < 1.29 is 8.72 Å². The molecule has 3 nitrogen and oxygen atoms in total. The van der Waals surface area contributed by atoms with Crippen LogP contribution in [0.2, 0.25) is 0 Å². The Bertz CT molecular complexity index is 254. The third-order valence-electron chi connectivity index (χ3n) is 3.63. The van der Waals surface area contributed by atoms with Gasteiger partial charge >= 0.3 is 105 Å². The van der Waals surface area contributed by atoms with Crippen molar-refractivity contribution in [3.63, 3.8) is 0 Å². The van der Waals surface area contributed by atoms with Crippen LogP contribution in [-0.4, -0.2) is 47.3 Å². The summed E-state index contributed by atoms with van der Waals surface area (Å²) >= 11 is 0. The third-order valence-corrected chi connectivity index (χ3v) is 9.11.